The first-order chi connectivity index (χ1) is 14.1. The van der Waals surface area contributed by atoms with Crippen molar-refractivity contribution >= 4 is 45.6 Å². The molecule has 10 heteroatoms. The van der Waals surface area contributed by atoms with Crippen molar-refractivity contribution in [2.45, 2.75) is 33.4 Å². The van der Waals surface area contributed by atoms with Crippen LogP contribution in [0.2, 0.25) is 0 Å². The Kier molecular flexibility index (Phi) is 11.5. The first kappa shape index (κ1) is 27.9. The molecule has 0 radical (unpaired) electrons. The van der Waals surface area contributed by atoms with E-state index in [0.717, 1.165) is 5.96 Å². The zero-order valence-electron chi connectivity index (χ0n) is 19.6. The first-order valence-corrected chi connectivity index (χ1v) is 12.1. The van der Waals surface area contributed by atoms with E-state index in [2.05, 4.69) is 45.2 Å². The molecule has 1 aliphatic rings. The van der Waals surface area contributed by atoms with E-state index in [1.54, 1.807) is 11.4 Å². The molecule has 8 nitrogen and oxygen atoms in total. The average Bonchev–Trinajstić information content (AvgIpc) is 2.69. The van der Waals surface area contributed by atoms with Crippen LogP contribution in [0.25, 0.3) is 0 Å². The lowest BCUT2D eigenvalue weighted by molar-refractivity contribution is 0.0904. The summed E-state index contributed by atoms with van der Waals surface area (Å²) in [5, 5.41) is 3.43. The summed E-state index contributed by atoms with van der Waals surface area (Å²) in [4.78, 5) is 8.63. The highest BCUT2D eigenvalue weighted by Gasteiger charge is 2.28. The van der Waals surface area contributed by atoms with Gasteiger partial charge in [-0.3, -0.25) is 4.99 Å². The van der Waals surface area contributed by atoms with E-state index < -0.39 is 10.0 Å². The molecular formula is C21H38IN5O3S. The van der Waals surface area contributed by atoms with Gasteiger partial charge in [0.15, 0.2) is 5.96 Å². The molecule has 1 aliphatic heterocycles. The number of hydrogen-bond donors (Lipinski definition) is 1. The van der Waals surface area contributed by atoms with E-state index in [-0.39, 0.29) is 42.4 Å². The molecule has 2 rings (SSSR count). The topological polar surface area (TPSA) is 77.5 Å². The summed E-state index contributed by atoms with van der Waals surface area (Å²) in [5.41, 5.74) is 3.60. The molecular weight excluding hydrogens is 529 g/mol. The Bertz CT molecular complexity index is 822. The minimum Gasteiger partial charge on any atom is -0.378 e. The Hall–Kier alpha value is -1.11. The second-order valence-electron chi connectivity index (χ2n) is 8.05. The zero-order chi connectivity index (χ0) is 22.3. The molecule has 0 aromatic heterocycles. The Labute approximate surface area is 205 Å². The lowest BCUT2D eigenvalue weighted by Crippen LogP contribution is -2.54. The lowest BCUT2D eigenvalue weighted by Gasteiger charge is -2.36. The van der Waals surface area contributed by atoms with E-state index in [9.17, 15) is 8.42 Å². The molecule has 1 aromatic rings. The number of aryl methyl sites for hydroxylation is 1. The van der Waals surface area contributed by atoms with Crippen molar-refractivity contribution in [1.29, 1.82) is 0 Å². The molecule has 1 heterocycles. The Morgan fingerprint density at radius 3 is 2.42 bits per heavy atom. The summed E-state index contributed by atoms with van der Waals surface area (Å²) >= 11 is 0. The third kappa shape index (κ3) is 8.39. The monoisotopic (exact) mass is 567 g/mol. The van der Waals surface area contributed by atoms with Crippen LogP contribution in [0.4, 0.5) is 5.69 Å². The highest BCUT2D eigenvalue weighted by molar-refractivity contribution is 14.0. The number of nitrogens with one attached hydrogen (secondary N) is 1. The van der Waals surface area contributed by atoms with E-state index in [1.807, 2.05) is 27.9 Å². The fourth-order valence-electron chi connectivity index (χ4n) is 3.44. The van der Waals surface area contributed by atoms with Crippen LogP contribution in [0, 0.1) is 6.92 Å². The molecule has 0 aliphatic carbocycles. The molecule has 0 saturated carbocycles. The molecule has 0 spiro atoms. The van der Waals surface area contributed by atoms with Gasteiger partial charge in [-0.25, -0.2) is 8.42 Å². The zero-order valence-corrected chi connectivity index (χ0v) is 22.7. The van der Waals surface area contributed by atoms with Crippen molar-refractivity contribution < 1.29 is 13.2 Å². The molecule has 178 valence electrons. The van der Waals surface area contributed by atoms with Crippen molar-refractivity contribution in [3.63, 3.8) is 0 Å². The molecule has 0 amide bonds. The van der Waals surface area contributed by atoms with Gasteiger partial charge in [-0.1, -0.05) is 12.1 Å². The molecule has 1 N–H and O–H groups in total. The Morgan fingerprint density at radius 2 is 1.87 bits per heavy atom. The number of nitrogens with zero attached hydrogens (tertiary/aromatic N) is 4. The largest absolute Gasteiger partial charge is 0.378 e. The fourth-order valence-corrected chi connectivity index (χ4v) is 4.73. The van der Waals surface area contributed by atoms with Crippen LogP contribution < -0.4 is 10.2 Å². The third-order valence-electron chi connectivity index (χ3n) is 5.10. The maximum atomic E-state index is 12.5. The predicted molar refractivity (Wildman–Crippen MR) is 139 cm³/mol. The van der Waals surface area contributed by atoms with Crippen molar-refractivity contribution in [2.75, 3.05) is 64.6 Å². The molecule has 1 fully saturated rings. The van der Waals surface area contributed by atoms with E-state index in [0.29, 0.717) is 32.7 Å². The first-order valence-electron chi connectivity index (χ1n) is 10.5. The summed E-state index contributed by atoms with van der Waals surface area (Å²) in [7, 11) is 2.55. The number of piperazine rings is 1. The van der Waals surface area contributed by atoms with Gasteiger partial charge in [-0.2, -0.15) is 4.31 Å². The third-order valence-corrected chi connectivity index (χ3v) is 6.93. The highest BCUT2D eigenvalue weighted by atomic mass is 127. The van der Waals surface area contributed by atoms with Gasteiger partial charge in [0.2, 0.25) is 10.0 Å². The van der Waals surface area contributed by atoms with Crippen LogP contribution in [0.15, 0.2) is 23.2 Å². The van der Waals surface area contributed by atoms with Gasteiger partial charge in [-0.05, 0) is 38.0 Å². The quantitative estimate of drug-likeness (QED) is 0.295. The molecule has 0 atom stereocenters. The summed E-state index contributed by atoms with van der Waals surface area (Å²) in [6.07, 6.45) is 0.0352. The van der Waals surface area contributed by atoms with E-state index in [4.69, 9.17) is 4.74 Å². The second kappa shape index (κ2) is 12.8. The number of benzene rings is 1. The Morgan fingerprint density at radius 1 is 1.23 bits per heavy atom. The maximum Gasteiger partial charge on any atom is 0.216 e. The summed E-state index contributed by atoms with van der Waals surface area (Å²) in [6, 6.07) is 6.42. The van der Waals surface area contributed by atoms with Crippen LogP contribution in [-0.2, 0) is 21.3 Å². The molecule has 1 aromatic carbocycles. The van der Waals surface area contributed by atoms with Crippen molar-refractivity contribution in [3.8, 4) is 0 Å². The number of halogens is 1. The minimum absolute atomic E-state index is 0. The highest BCUT2D eigenvalue weighted by Crippen LogP contribution is 2.20. The normalized spacial score (nSPS) is 15.7. The lowest BCUT2D eigenvalue weighted by atomic mass is 10.1. The number of rotatable bonds is 8. The van der Waals surface area contributed by atoms with Crippen LogP contribution in [0.3, 0.4) is 0 Å². The molecule has 31 heavy (non-hydrogen) atoms. The maximum absolute atomic E-state index is 12.5. The SMILES string of the molecule is CN=C(NCc1ccc(C)cc1N(C)C)N1CCN(S(=O)(=O)CCOC(C)C)CC1.I. The van der Waals surface area contributed by atoms with E-state index in [1.165, 1.54) is 16.8 Å². The van der Waals surface area contributed by atoms with Crippen LogP contribution in [0.1, 0.15) is 25.0 Å². The van der Waals surface area contributed by atoms with Gasteiger partial charge in [0.05, 0.1) is 18.5 Å². The van der Waals surface area contributed by atoms with Gasteiger partial charge in [0.1, 0.15) is 0 Å². The number of aliphatic imine (C=N–C) groups is 1. The van der Waals surface area contributed by atoms with Gasteiger partial charge < -0.3 is 19.9 Å². The number of guanidine groups is 1. The van der Waals surface area contributed by atoms with Gasteiger partial charge in [-0.15, -0.1) is 24.0 Å². The molecule has 1 saturated heterocycles. The molecule has 0 unspecified atom stereocenters. The number of hydrogen-bond acceptors (Lipinski definition) is 5. The smallest absolute Gasteiger partial charge is 0.216 e. The molecule has 0 bridgehead atoms. The fraction of sp³-hybridized carbons (Fsp3) is 0.667. The summed E-state index contributed by atoms with van der Waals surface area (Å²) in [6.45, 7) is 8.92. The van der Waals surface area contributed by atoms with Crippen LogP contribution in [-0.4, -0.2) is 89.4 Å². The van der Waals surface area contributed by atoms with Crippen LogP contribution in [0.5, 0.6) is 0 Å². The number of ether oxygens (including phenoxy) is 1. The standard InChI is InChI=1S/C21H37N5O3S.HI/c1-17(2)29-13-14-30(27,28)26-11-9-25(10-12-26)21(22-4)23-16-19-8-7-18(3)15-20(19)24(5)6;/h7-8,15,17H,9-14,16H2,1-6H3,(H,22,23);1H. The van der Waals surface area contributed by atoms with Gasteiger partial charge >= 0.3 is 0 Å². The average molecular weight is 568 g/mol. The Balaban J connectivity index is 0.00000480. The van der Waals surface area contributed by atoms with Crippen LogP contribution >= 0.6 is 24.0 Å². The minimum atomic E-state index is -3.29. The van der Waals surface area contributed by atoms with Gasteiger partial charge in [0, 0.05) is 59.6 Å². The second-order valence-corrected chi connectivity index (χ2v) is 10.1. The summed E-state index contributed by atoms with van der Waals surface area (Å²) < 4.78 is 32.0. The van der Waals surface area contributed by atoms with Crippen molar-refractivity contribution in [2.24, 2.45) is 4.99 Å². The predicted octanol–water partition coefficient (Wildman–Crippen LogP) is 2.13. The number of anilines is 1. The van der Waals surface area contributed by atoms with Gasteiger partial charge in [0.25, 0.3) is 0 Å². The van der Waals surface area contributed by atoms with Crippen molar-refractivity contribution in [1.82, 2.24) is 14.5 Å². The van der Waals surface area contributed by atoms with E-state index >= 15 is 0 Å². The van der Waals surface area contributed by atoms with Crippen molar-refractivity contribution in [3.05, 3.63) is 29.3 Å². The summed E-state index contributed by atoms with van der Waals surface area (Å²) in [5.74, 6) is 0.819. The number of sulfonamides is 1.